The van der Waals surface area contributed by atoms with E-state index in [4.69, 9.17) is 26.4 Å². The van der Waals surface area contributed by atoms with Gasteiger partial charge >= 0.3 is 5.97 Å². The molecule has 0 amide bonds. The van der Waals surface area contributed by atoms with Gasteiger partial charge in [0, 0.05) is 17.3 Å². The molecule has 25 heavy (non-hydrogen) atoms. The first-order valence-electron chi connectivity index (χ1n) is 7.49. The molecule has 1 aromatic heterocycles. The fourth-order valence-electron chi connectivity index (χ4n) is 2.18. The summed E-state index contributed by atoms with van der Waals surface area (Å²) in [5.74, 6) is 1.00. The molecule has 2 aromatic rings. The number of nitrogens with one attached hydrogen (secondary N) is 2. The molecule has 0 atom stereocenters. The molecule has 0 aliphatic carbocycles. The Morgan fingerprint density at radius 2 is 1.92 bits per heavy atom. The van der Waals surface area contributed by atoms with Gasteiger partial charge in [-0.3, -0.25) is 0 Å². The average Bonchev–Trinajstić information content (AvgIpc) is 3.08. The maximum Gasteiger partial charge on any atom is 0.340 e. The molecule has 1 heterocycles. The number of carbonyl (C=O) groups is 1. The monoisotopic (exact) mass is 380 g/mol. The first-order chi connectivity index (χ1) is 12.1. The molecule has 0 radical (unpaired) electrons. The summed E-state index contributed by atoms with van der Waals surface area (Å²) in [6.07, 6.45) is 0.760. The second kappa shape index (κ2) is 9.24. The Morgan fingerprint density at radius 1 is 1.16 bits per heavy atom. The van der Waals surface area contributed by atoms with Crippen molar-refractivity contribution >= 4 is 40.3 Å². The van der Waals surface area contributed by atoms with Crippen LogP contribution in [0.4, 0.5) is 5.69 Å². The number of ether oxygens (including phenoxy) is 3. The van der Waals surface area contributed by atoms with E-state index in [9.17, 15) is 4.79 Å². The number of thiophene rings is 1. The van der Waals surface area contributed by atoms with E-state index in [0.29, 0.717) is 34.4 Å². The number of carbonyl (C=O) groups excluding carboxylic acids is 1. The van der Waals surface area contributed by atoms with Crippen molar-refractivity contribution in [3.05, 3.63) is 40.1 Å². The highest BCUT2D eigenvalue weighted by atomic mass is 32.1. The molecule has 2 rings (SSSR count). The molecule has 1 aromatic carbocycles. The van der Waals surface area contributed by atoms with Gasteiger partial charge < -0.3 is 24.8 Å². The van der Waals surface area contributed by atoms with Crippen LogP contribution in [0.2, 0.25) is 0 Å². The summed E-state index contributed by atoms with van der Waals surface area (Å²) in [6.45, 7) is 0.638. The predicted octanol–water partition coefficient (Wildman–Crippen LogP) is 3.08. The van der Waals surface area contributed by atoms with Gasteiger partial charge in [-0.15, -0.1) is 11.3 Å². The summed E-state index contributed by atoms with van der Waals surface area (Å²) in [5.41, 5.74) is 2.20. The third-order valence-corrected chi connectivity index (χ3v) is 4.45. The number of anilines is 1. The Morgan fingerprint density at radius 3 is 2.60 bits per heavy atom. The van der Waals surface area contributed by atoms with Crippen LogP contribution in [-0.2, 0) is 11.2 Å². The minimum Gasteiger partial charge on any atom is -0.493 e. The maximum absolute atomic E-state index is 11.6. The van der Waals surface area contributed by atoms with Crippen LogP contribution in [0.15, 0.2) is 29.0 Å². The number of benzene rings is 1. The number of hydrogen-bond donors (Lipinski definition) is 2. The quantitative estimate of drug-likeness (QED) is 0.565. The average molecular weight is 380 g/mol. The van der Waals surface area contributed by atoms with E-state index in [-0.39, 0.29) is 0 Å². The van der Waals surface area contributed by atoms with Crippen molar-refractivity contribution in [2.75, 3.05) is 33.2 Å². The zero-order valence-electron chi connectivity index (χ0n) is 14.3. The van der Waals surface area contributed by atoms with Crippen molar-refractivity contribution in [1.82, 2.24) is 5.32 Å². The lowest BCUT2D eigenvalue weighted by Crippen LogP contribution is -2.30. The molecular weight excluding hydrogens is 360 g/mol. The third kappa shape index (κ3) is 5.07. The Labute approximate surface area is 156 Å². The van der Waals surface area contributed by atoms with Gasteiger partial charge in [-0.2, -0.15) is 0 Å². The SMILES string of the molecule is COC(=O)c1cscc1NC(=S)NCCc1ccc(OC)c(OC)c1. The van der Waals surface area contributed by atoms with E-state index in [1.807, 2.05) is 23.6 Å². The molecule has 6 nitrogen and oxygen atoms in total. The topological polar surface area (TPSA) is 68.8 Å². The fraction of sp³-hybridized carbons (Fsp3) is 0.294. The lowest BCUT2D eigenvalue weighted by atomic mass is 10.1. The van der Waals surface area contributed by atoms with Crippen molar-refractivity contribution < 1.29 is 19.0 Å². The second-order valence-electron chi connectivity index (χ2n) is 5.01. The summed E-state index contributed by atoms with van der Waals surface area (Å²) in [6, 6.07) is 5.79. The van der Waals surface area contributed by atoms with E-state index in [1.165, 1.54) is 18.4 Å². The zero-order chi connectivity index (χ0) is 18.2. The lowest BCUT2D eigenvalue weighted by Gasteiger charge is -2.12. The number of thiocarbonyl (C=S) groups is 1. The van der Waals surface area contributed by atoms with E-state index in [0.717, 1.165) is 12.0 Å². The summed E-state index contributed by atoms with van der Waals surface area (Å²) in [5, 5.41) is 10.1. The van der Waals surface area contributed by atoms with Crippen molar-refractivity contribution in [2.45, 2.75) is 6.42 Å². The van der Waals surface area contributed by atoms with Gasteiger partial charge in [-0.25, -0.2) is 4.79 Å². The summed E-state index contributed by atoms with van der Waals surface area (Å²) < 4.78 is 15.3. The van der Waals surface area contributed by atoms with E-state index in [1.54, 1.807) is 19.6 Å². The standard InChI is InChI=1S/C17H20N2O4S2/c1-21-14-5-4-11(8-15(14)22-2)6-7-18-17(24)19-13-10-25-9-12(13)16(20)23-3/h4-5,8-10H,6-7H2,1-3H3,(H2,18,19,24). The highest BCUT2D eigenvalue weighted by molar-refractivity contribution is 7.80. The smallest absolute Gasteiger partial charge is 0.340 e. The van der Waals surface area contributed by atoms with Gasteiger partial charge in [0.2, 0.25) is 0 Å². The molecule has 0 saturated carbocycles. The first kappa shape index (κ1) is 19.0. The molecule has 8 heteroatoms. The van der Waals surface area contributed by atoms with Gasteiger partial charge in [-0.1, -0.05) is 6.07 Å². The summed E-state index contributed by atoms with van der Waals surface area (Å²) in [4.78, 5) is 11.6. The third-order valence-electron chi connectivity index (χ3n) is 3.46. The van der Waals surface area contributed by atoms with Crippen LogP contribution in [0.25, 0.3) is 0 Å². The van der Waals surface area contributed by atoms with Gasteiger partial charge in [0.15, 0.2) is 16.6 Å². The van der Waals surface area contributed by atoms with Crippen LogP contribution in [-0.4, -0.2) is 39.0 Å². The van der Waals surface area contributed by atoms with E-state index >= 15 is 0 Å². The number of rotatable bonds is 7. The number of hydrogen-bond acceptors (Lipinski definition) is 6. The zero-order valence-corrected chi connectivity index (χ0v) is 15.9. The Balaban J connectivity index is 1.87. The minimum atomic E-state index is -0.392. The molecule has 0 fully saturated rings. The van der Waals surface area contributed by atoms with Crippen molar-refractivity contribution in [3.8, 4) is 11.5 Å². The van der Waals surface area contributed by atoms with Gasteiger partial charge in [0.25, 0.3) is 0 Å². The highest BCUT2D eigenvalue weighted by Crippen LogP contribution is 2.27. The van der Waals surface area contributed by atoms with Gasteiger partial charge in [-0.05, 0) is 36.3 Å². The van der Waals surface area contributed by atoms with Crippen molar-refractivity contribution in [1.29, 1.82) is 0 Å². The van der Waals surface area contributed by atoms with Crippen molar-refractivity contribution in [2.24, 2.45) is 0 Å². The van der Waals surface area contributed by atoms with Crippen LogP contribution >= 0.6 is 23.6 Å². The molecule has 2 N–H and O–H groups in total. The van der Waals surface area contributed by atoms with E-state index in [2.05, 4.69) is 10.6 Å². The number of methoxy groups -OCH3 is 3. The van der Waals surface area contributed by atoms with Crippen molar-refractivity contribution in [3.63, 3.8) is 0 Å². The van der Waals surface area contributed by atoms with Crippen LogP contribution < -0.4 is 20.1 Å². The fourth-order valence-corrected chi connectivity index (χ4v) is 3.15. The molecule has 0 bridgehead atoms. The maximum atomic E-state index is 11.6. The van der Waals surface area contributed by atoms with Gasteiger partial charge in [0.05, 0.1) is 32.6 Å². The summed E-state index contributed by atoms with van der Waals surface area (Å²) >= 11 is 6.68. The Hall–Kier alpha value is -2.32. The van der Waals surface area contributed by atoms with Gasteiger partial charge in [0.1, 0.15) is 0 Å². The molecule has 134 valence electrons. The predicted molar refractivity (Wildman–Crippen MR) is 103 cm³/mol. The van der Waals surface area contributed by atoms with Crippen LogP contribution in [0.3, 0.4) is 0 Å². The Bertz CT molecular complexity index is 746. The minimum absolute atomic E-state index is 0.392. The lowest BCUT2D eigenvalue weighted by molar-refractivity contribution is 0.0602. The van der Waals surface area contributed by atoms with Crippen LogP contribution in [0.1, 0.15) is 15.9 Å². The normalized spacial score (nSPS) is 10.0. The Kier molecular flexibility index (Phi) is 7.03. The largest absolute Gasteiger partial charge is 0.493 e. The van der Waals surface area contributed by atoms with Crippen LogP contribution in [0, 0.1) is 0 Å². The van der Waals surface area contributed by atoms with Crippen LogP contribution in [0.5, 0.6) is 11.5 Å². The highest BCUT2D eigenvalue weighted by Gasteiger charge is 2.13. The molecule has 0 spiro atoms. The van der Waals surface area contributed by atoms with E-state index < -0.39 is 5.97 Å². The molecule has 0 unspecified atom stereocenters. The second-order valence-corrected chi connectivity index (χ2v) is 6.16. The number of esters is 1. The first-order valence-corrected chi connectivity index (χ1v) is 8.84. The molecular formula is C17H20N2O4S2. The molecule has 0 aliphatic rings. The summed E-state index contributed by atoms with van der Waals surface area (Å²) in [7, 11) is 4.57. The molecule has 0 aliphatic heterocycles. The molecule has 0 saturated heterocycles.